The maximum atomic E-state index is 10.0. The van der Waals surface area contributed by atoms with Crippen LogP contribution in [0.15, 0.2) is 0 Å². The van der Waals surface area contributed by atoms with Crippen molar-refractivity contribution in [1.82, 2.24) is 0 Å². The van der Waals surface area contributed by atoms with E-state index in [-0.39, 0.29) is 36.4 Å². The van der Waals surface area contributed by atoms with Crippen LogP contribution < -0.4 is 11.8 Å². The van der Waals surface area contributed by atoms with Crippen LogP contribution in [0.25, 0.3) is 0 Å². The minimum atomic E-state index is -0.468. The van der Waals surface area contributed by atoms with Gasteiger partial charge in [0, 0.05) is 57.3 Å². The summed E-state index contributed by atoms with van der Waals surface area (Å²) in [5.41, 5.74) is 0. The van der Waals surface area contributed by atoms with E-state index in [0.29, 0.717) is 0 Å². The fraction of sp³-hybridized carbons (Fsp3) is 0.556. The molecule has 0 saturated heterocycles. The second-order valence-electron chi connectivity index (χ2n) is 2.61. The van der Waals surface area contributed by atoms with Crippen molar-refractivity contribution in [2.45, 2.75) is 27.7 Å². The molecule has 0 amide bonds. The SMILES string of the molecule is CC(=O)OCOC(C)=O.CC(=O)ON.CC(=O)ON.[Na]. The zero-order valence-electron chi connectivity index (χ0n) is 12.1. The first-order valence-electron chi connectivity index (χ1n) is 4.68. The van der Waals surface area contributed by atoms with Gasteiger partial charge in [-0.05, 0) is 0 Å². The number of rotatable bonds is 2. The molecule has 0 atom stereocenters. The van der Waals surface area contributed by atoms with Crippen molar-refractivity contribution in [3.8, 4) is 0 Å². The molecule has 0 aromatic carbocycles. The molecular formula is C9H18N2NaO8. The minimum Gasteiger partial charge on any atom is -0.428 e. The molecule has 0 aromatic rings. The Balaban J connectivity index is -0.000000101. The zero-order valence-corrected chi connectivity index (χ0v) is 14.1. The van der Waals surface area contributed by atoms with Crippen LogP contribution in [0.4, 0.5) is 0 Å². The Kier molecular flexibility index (Phi) is 27.4. The van der Waals surface area contributed by atoms with E-state index < -0.39 is 23.9 Å². The zero-order chi connectivity index (χ0) is 15.8. The maximum Gasteiger partial charge on any atom is 0.321 e. The number of carbonyl (C=O) groups is 4. The Morgan fingerprint density at radius 3 is 1.00 bits per heavy atom. The Labute approximate surface area is 138 Å². The van der Waals surface area contributed by atoms with E-state index in [1.807, 2.05) is 0 Å². The summed E-state index contributed by atoms with van der Waals surface area (Å²) in [5.74, 6) is 6.78. The van der Waals surface area contributed by atoms with E-state index in [0.717, 1.165) is 0 Å². The van der Waals surface area contributed by atoms with Crippen molar-refractivity contribution in [3.63, 3.8) is 0 Å². The van der Waals surface area contributed by atoms with Crippen LogP contribution >= 0.6 is 0 Å². The van der Waals surface area contributed by atoms with Gasteiger partial charge in [-0.15, -0.1) is 0 Å². The molecule has 10 nitrogen and oxygen atoms in total. The quantitative estimate of drug-likeness (QED) is 0.267. The van der Waals surface area contributed by atoms with Gasteiger partial charge in [0.2, 0.25) is 6.79 Å². The van der Waals surface area contributed by atoms with E-state index in [1.54, 1.807) is 0 Å². The van der Waals surface area contributed by atoms with Gasteiger partial charge in [0.05, 0.1) is 0 Å². The smallest absolute Gasteiger partial charge is 0.321 e. The molecular weight excluding hydrogens is 287 g/mol. The van der Waals surface area contributed by atoms with Gasteiger partial charge in [0.15, 0.2) is 0 Å². The van der Waals surface area contributed by atoms with Crippen LogP contribution in [0.5, 0.6) is 0 Å². The summed E-state index contributed by atoms with van der Waals surface area (Å²) in [5, 5.41) is 0. The van der Waals surface area contributed by atoms with Gasteiger partial charge in [-0.2, -0.15) is 11.8 Å². The average molecular weight is 305 g/mol. The molecule has 1 radical (unpaired) electrons. The van der Waals surface area contributed by atoms with E-state index in [2.05, 4.69) is 30.9 Å². The Morgan fingerprint density at radius 2 is 0.900 bits per heavy atom. The van der Waals surface area contributed by atoms with Gasteiger partial charge in [0.1, 0.15) is 0 Å². The predicted molar refractivity (Wildman–Crippen MR) is 66.1 cm³/mol. The van der Waals surface area contributed by atoms with Gasteiger partial charge in [-0.25, -0.2) is 0 Å². The summed E-state index contributed by atoms with van der Waals surface area (Å²) < 4.78 is 8.54. The molecule has 113 valence electrons. The van der Waals surface area contributed by atoms with Crippen LogP contribution in [0, 0.1) is 0 Å². The molecule has 0 unspecified atom stereocenters. The molecule has 0 aliphatic heterocycles. The van der Waals surface area contributed by atoms with E-state index in [9.17, 15) is 19.2 Å². The maximum absolute atomic E-state index is 10.0. The Morgan fingerprint density at radius 1 is 0.700 bits per heavy atom. The molecule has 0 heterocycles. The van der Waals surface area contributed by atoms with Gasteiger partial charge >= 0.3 is 23.9 Å². The molecule has 0 fully saturated rings. The third-order valence-corrected chi connectivity index (χ3v) is 0.856. The summed E-state index contributed by atoms with van der Waals surface area (Å²) in [4.78, 5) is 46.2. The molecule has 4 N–H and O–H groups in total. The topological polar surface area (TPSA) is 157 Å². The van der Waals surface area contributed by atoms with Gasteiger partial charge in [-0.1, -0.05) is 0 Å². The molecule has 20 heavy (non-hydrogen) atoms. The van der Waals surface area contributed by atoms with Crippen LogP contribution in [0.3, 0.4) is 0 Å². The van der Waals surface area contributed by atoms with Crippen LogP contribution in [-0.2, 0) is 38.3 Å². The third kappa shape index (κ3) is 54.2. The number of carbonyl (C=O) groups excluding carboxylic acids is 4. The minimum absolute atomic E-state index is 0. The van der Waals surface area contributed by atoms with Gasteiger partial charge in [0.25, 0.3) is 0 Å². The van der Waals surface area contributed by atoms with Crippen molar-refractivity contribution < 1.29 is 38.3 Å². The summed E-state index contributed by atoms with van der Waals surface area (Å²) in [7, 11) is 0. The number of esters is 2. The monoisotopic (exact) mass is 305 g/mol. The first-order chi connectivity index (χ1) is 8.67. The van der Waals surface area contributed by atoms with Crippen LogP contribution in [0.2, 0.25) is 0 Å². The molecule has 0 spiro atoms. The van der Waals surface area contributed by atoms with E-state index in [4.69, 9.17) is 0 Å². The second kappa shape index (κ2) is 20.1. The van der Waals surface area contributed by atoms with Crippen molar-refractivity contribution in [2.75, 3.05) is 6.79 Å². The number of hydrogen-bond donors (Lipinski definition) is 2. The molecule has 0 saturated carbocycles. The largest absolute Gasteiger partial charge is 0.428 e. The standard InChI is InChI=1S/C5H8O4.2C2H5NO2.Na/c1-4(6)8-3-9-5(2)7;2*1-2(4)5-3;/h3H2,1-2H3;2*3H2,1H3;. The molecule has 11 heteroatoms. The molecule has 0 bridgehead atoms. The summed E-state index contributed by atoms with van der Waals surface area (Å²) in [6.07, 6.45) is 0. The molecule has 0 aromatic heterocycles. The van der Waals surface area contributed by atoms with Crippen molar-refractivity contribution >= 4 is 53.4 Å². The van der Waals surface area contributed by atoms with E-state index >= 15 is 0 Å². The first kappa shape index (κ1) is 27.2. The fourth-order valence-electron chi connectivity index (χ4n) is 0.195. The average Bonchev–Trinajstić information content (AvgIpc) is 2.29. The summed E-state index contributed by atoms with van der Waals surface area (Å²) >= 11 is 0. The Hall–Kier alpha value is -1.20. The third-order valence-electron chi connectivity index (χ3n) is 0.856. The number of nitrogens with two attached hydrogens (primary N) is 2. The fourth-order valence-corrected chi connectivity index (χ4v) is 0.195. The summed E-state index contributed by atoms with van der Waals surface area (Å²) in [6.45, 7) is 4.66. The number of hydrogen-bond acceptors (Lipinski definition) is 10. The van der Waals surface area contributed by atoms with Crippen molar-refractivity contribution in [1.29, 1.82) is 0 Å². The molecule has 0 rings (SSSR count). The van der Waals surface area contributed by atoms with Crippen LogP contribution in [-0.4, -0.2) is 60.2 Å². The van der Waals surface area contributed by atoms with E-state index in [1.165, 1.54) is 27.7 Å². The van der Waals surface area contributed by atoms with Gasteiger partial charge < -0.3 is 19.1 Å². The van der Waals surface area contributed by atoms with Crippen molar-refractivity contribution in [2.24, 2.45) is 11.8 Å². The number of ether oxygens (including phenoxy) is 2. The van der Waals surface area contributed by atoms with Gasteiger partial charge in [-0.3, -0.25) is 19.2 Å². The Bertz CT molecular complexity index is 270. The molecule has 0 aliphatic carbocycles. The normalized spacial score (nSPS) is 7.10. The molecule has 0 aliphatic rings. The second-order valence-corrected chi connectivity index (χ2v) is 2.61. The van der Waals surface area contributed by atoms with Crippen molar-refractivity contribution in [3.05, 3.63) is 0 Å². The summed E-state index contributed by atoms with van der Waals surface area (Å²) in [6, 6.07) is 0. The first-order valence-corrected chi connectivity index (χ1v) is 4.68. The predicted octanol–water partition coefficient (Wildman–Crippen LogP) is -1.46. The van der Waals surface area contributed by atoms with Crippen LogP contribution in [0.1, 0.15) is 27.7 Å².